The van der Waals surface area contributed by atoms with E-state index in [1.54, 1.807) is 0 Å². The van der Waals surface area contributed by atoms with Crippen LogP contribution in [0.15, 0.2) is 22.0 Å². The fraction of sp³-hybridized carbons (Fsp3) is 0.100. The molecule has 0 saturated heterocycles. The summed E-state index contributed by atoms with van der Waals surface area (Å²) in [5, 5.41) is 0.897. The van der Waals surface area contributed by atoms with Crippen molar-refractivity contribution in [1.29, 1.82) is 0 Å². The zero-order chi connectivity index (χ0) is 13.5. The van der Waals surface area contributed by atoms with Crippen LogP contribution in [0.3, 0.4) is 0 Å². The number of rotatable bonds is 1. The minimum absolute atomic E-state index is 0.0684. The van der Waals surface area contributed by atoms with Gasteiger partial charge < -0.3 is 0 Å². The molecular weight excluding hydrogens is 374 g/mol. The third kappa shape index (κ3) is 2.99. The minimum atomic E-state index is -4.49. The predicted molar refractivity (Wildman–Crippen MR) is 70.3 cm³/mol. The number of alkyl halides is 3. The average Bonchev–Trinajstić information content (AvgIpc) is 2.58. The van der Waals surface area contributed by atoms with Gasteiger partial charge in [-0.3, -0.25) is 0 Å². The van der Waals surface area contributed by atoms with Gasteiger partial charge in [0.1, 0.15) is 8.79 Å². The maximum Gasteiger partial charge on any atom is 0.435 e. The largest absolute Gasteiger partial charge is 0.435 e. The van der Waals surface area contributed by atoms with E-state index < -0.39 is 11.9 Å². The number of benzene rings is 1. The quantitative estimate of drug-likeness (QED) is 0.603. The molecule has 8 heteroatoms. The van der Waals surface area contributed by atoms with E-state index in [0.29, 0.717) is 15.6 Å². The molecule has 0 amide bonds. The van der Waals surface area contributed by atoms with Crippen molar-refractivity contribution >= 4 is 50.5 Å². The molecule has 1 nitrogen and oxygen atoms in total. The van der Waals surface area contributed by atoms with Crippen molar-refractivity contribution in [2.45, 2.75) is 6.18 Å². The second kappa shape index (κ2) is 5.00. The molecule has 2 rings (SSSR count). The van der Waals surface area contributed by atoms with Crippen LogP contribution in [0.1, 0.15) is 5.69 Å². The van der Waals surface area contributed by atoms with Gasteiger partial charge in [0.2, 0.25) is 0 Å². The summed E-state index contributed by atoms with van der Waals surface area (Å²) >= 11 is 15.3. The second-order valence-electron chi connectivity index (χ2n) is 3.30. The van der Waals surface area contributed by atoms with Crippen LogP contribution in [0.25, 0.3) is 10.6 Å². The van der Waals surface area contributed by atoms with E-state index in [1.165, 1.54) is 18.2 Å². The minimum Gasteiger partial charge on any atom is -0.230 e. The first kappa shape index (κ1) is 14.1. The van der Waals surface area contributed by atoms with Crippen LogP contribution < -0.4 is 0 Å². The van der Waals surface area contributed by atoms with Crippen molar-refractivity contribution in [3.05, 3.63) is 37.7 Å². The van der Waals surface area contributed by atoms with Gasteiger partial charge in [-0.15, -0.1) is 11.3 Å². The zero-order valence-electron chi connectivity index (χ0n) is 8.36. The highest BCUT2D eigenvalue weighted by Gasteiger charge is 2.37. The van der Waals surface area contributed by atoms with Crippen LogP contribution in [0.5, 0.6) is 0 Å². The first-order valence-electron chi connectivity index (χ1n) is 4.47. The van der Waals surface area contributed by atoms with Crippen LogP contribution in [-0.2, 0) is 6.18 Å². The van der Waals surface area contributed by atoms with Gasteiger partial charge in [-0.25, -0.2) is 4.98 Å². The second-order valence-corrected chi connectivity index (χ2v) is 6.49. The van der Waals surface area contributed by atoms with Gasteiger partial charge in [-0.2, -0.15) is 13.2 Å². The molecule has 96 valence electrons. The monoisotopic (exact) mass is 375 g/mol. The Balaban J connectivity index is 2.52. The van der Waals surface area contributed by atoms with Crippen LogP contribution >= 0.6 is 50.5 Å². The van der Waals surface area contributed by atoms with E-state index >= 15 is 0 Å². The molecule has 0 spiro atoms. The molecule has 0 aliphatic rings. The summed E-state index contributed by atoms with van der Waals surface area (Å²) in [6.07, 6.45) is -4.49. The highest BCUT2D eigenvalue weighted by atomic mass is 79.9. The van der Waals surface area contributed by atoms with Gasteiger partial charge in [0.25, 0.3) is 0 Å². The Kier molecular flexibility index (Phi) is 3.92. The van der Waals surface area contributed by atoms with Gasteiger partial charge in [0.15, 0.2) is 5.69 Å². The lowest BCUT2D eigenvalue weighted by molar-refractivity contribution is -0.141. The van der Waals surface area contributed by atoms with Crippen molar-refractivity contribution in [2.24, 2.45) is 0 Å². The maximum atomic E-state index is 12.6. The molecule has 0 saturated carbocycles. The molecular formula is C10H3BrCl2F3NS. The maximum absolute atomic E-state index is 12.6. The number of halogens is 6. The number of nitrogens with zero attached hydrogens (tertiary/aromatic N) is 1. The molecule has 0 radical (unpaired) electrons. The molecule has 1 aromatic heterocycles. The Labute approximate surface area is 123 Å². The fourth-order valence-electron chi connectivity index (χ4n) is 1.28. The van der Waals surface area contributed by atoms with E-state index in [-0.39, 0.29) is 8.79 Å². The fourth-order valence-corrected chi connectivity index (χ4v) is 3.38. The number of hydrogen-bond acceptors (Lipinski definition) is 2. The van der Waals surface area contributed by atoms with Gasteiger partial charge in [0.05, 0.1) is 0 Å². The smallest absolute Gasteiger partial charge is 0.230 e. The standard InChI is InChI=1S/C10H3BrCl2F3NS/c11-8-7(10(14,15)16)17-9(18-8)4-1-5(12)3-6(13)2-4/h1-3H. The molecule has 1 heterocycles. The van der Waals surface area contributed by atoms with Crippen LogP contribution in [0, 0.1) is 0 Å². The summed E-state index contributed by atoms with van der Waals surface area (Å²) in [6.45, 7) is 0. The third-order valence-corrected chi connectivity index (χ3v) is 4.15. The van der Waals surface area contributed by atoms with Gasteiger partial charge >= 0.3 is 6.18 Å². The molecule has 18 heavy (non-hydrogen) atoms. The summed E-state index contributed by atoms with van der Waals surface area (Å²) < 4.78 is 37.7. The Morgan fingerprint density at radius 1 is 1.11 bits per heavy atom. The number of aromatic nitrogens is 1. The first-order chi connectivity index (χ1) is 8.27. The molecule has 2 aromatic rings. The molecule has 0 unspecified atom stereocenters. The Bertz CT molecular complexity index is 577. The zero-order valence-corrected chi connectivity index (χ0v) is 12.3. The van der Waals surface area contributed by atoms with Gasteiger partial charge in [-0.1, -0.05) is 23.2 Å². The summed E-state index contributed by atoms with van der Waals surface area (Å²) in [5.41, 5.74) is -0.493. The molecule has 0 atom stereocenters. The van der Waals surface area contributed by atoms with Crippen molar-refractivity contribution < 1.29 is 13.2 Å². The SMILES string of the molecule is FC(F)(F)c1nc(-c2cc(Cl)cc(Cl)c2)sc1Br. The van der Waals surface area contributed by atoms with Crippen molar-refractivity contribution in [1.82, 2.24) is 4.98 Å². The van der Waals surface area contributed by atoms with Gasteiger partial charge in [-0.05, 0) is 34.1 Å². The van der Waals surface area contributed by atoms with Crippen molar-refractivity contribution in [2.75, 3.05) is 0 Å². The molecule has 0 aliphatic heterocycles. The predicted octanol–water partition coefficient (Wildman–Crippen LogP) is 5.90. The van der Waals surface area contributed by atoms with Crippen LogP contribution in [0.4, 0.5) is 13.2 Å². The lowest BCUT2D eigenvalue weighted by Crippen LogP contribution is -2.05. The average molecular weight is 377 g/mol. The van der Waals surface area contributed by atoms with E-state index in [4.69, 9.17) is 23.2 Å². The van der Waals surface area contributed by atoms with E-state index in [1.807, 2.05) is 0 Å². The Morgan fingerprint density at radius 2 is 1.67 bits per heavy atom. The summed E-state index contributed by atoms with van der Waals surface area (Å²) in [5.74, 6) is 0. The van der Waals surface area contributed by atoms with Crippen molar-refractivity contribution in [3.8, 4) is 10.6 Å². The first-order valence-corrected chi connectivity index (χ1v) is 6.84. The van der Waals surface area contributed by atoms with Gasteiger partial charge in [0, 0.05) is 15.6 Å². The molecule has 0 aliphatic carbocycles. The third-order valence-electron chi connectivity index (χ3n) is 1.96. The number of thiazole rings is 1. The molecule has 1 aromatic carbocycles. The van der Waals surface area contributed by atoms with E-state index in [9.17, 15) is 13.2 Å². The molecule has 0 fully saturated rings. The normalized spacial score (nSPS) is 11.9. The summed E-state index contributed by atoms with van der Waals surface area (Å²) in [7, 11) is 0. The van der Waals surface area contributed by atoms with E-state index in [2.05, 4.69) is 20.9 Å². The Morgan fingerprint density at radius 3 is 2.11 bits per heavy atom. The van der Waals surface area contributed by atoms with Crippen LogP contribution in [0.2, 0.25) is 10.0 Å². The van der Waals surface area contributed by atoms with E-state index in [0.717, 1.165) is 11.3 Å². The highest BCUT2D eigenvalue weighted by Crippen LogP contribution is 2.41. The lowest BCUT2D eigenvalue weighted by atomic mass is 10.2. The molecule has 0 N–H and O–H groups in total. The topological polar surface area (TPSA) is 12.9 Å². The van der Waals surface area contributed by atoms with Crippen LogP contribution in [-0.4, -0.2) is 4.98 Å². The Hall–Kier alpha value is -0.300. The summed E-state index contributed by atoms with van der Waals surface area (Å²) in [6, 6.07) is 4.53. The lowest BCUT2D eigenvalue weighted by Gasteiger charge is -2.02. The molecule has 0 bridgehead atoms. The highest BCUT2D eigenvalue weighted by molar-refractivity contribution is 9.11. The number of hydrogen-bond donors (Lipinski definition) is 0. The summed E-state index contributed by atoms with van der Waals surface area (Å²) in [4.78, 5) is 3.56. The van der Waals surface area contributed by atoms with Crippen molar-refractivity contribution in [3.63, 3.8) is 0 Å².